The van der Waals surface area contributed by atoms with Crippen LogP contribution in [0.3, 0.4) is 0 Å². The van der Waals surface area contributed by atoms with Gasteiger partial charge < -0.3 is 9.67 Å². The van der Waals surface area contributed by atoms with Gasteiger partial charge in [0.25, 0.3) is 0 Å². The van der Waals surface area contributed by atoms with Crippen LogP contribution in [0, 0.1) is 0 Å². The quantitative estimate of drug-likeness (QED) is 0.265. The van der Waals surface area contributed by atoms with Gasteiger partial charge in [-0.05, 0) is 54.1 Å². The predicted molar refractivity (Wildman–Crippen MR) is 128 cm³/mol. The highest BCUT2D eigenvalue weighted by Gasteiger charge is 2.35. The molecule has 0 bridgehead atoms. The van der Waals surface area contributed by atoms with Crippen LogP contribution in [0.15, 0.2) is 71.3 Å². The fraction of sp³-hybridized carbons (Fsp3) is 0.0833. The molecule has 0 atom stereocenters. The molecular weight excluding hydrogens is 556 g/mol. The fourth-order valence-corrected chi connectivity index (χ4v) is 4.25. The van der Waals surface area contributed by atoms with Gasteiger partial charge in [0.2, 0.25) is 0 Å². The number of rotatable bonds is 5. The average Bonchev–Trinajstić information content (AvgIpc) is 3.17. The van der Waals surface area contributed by atoms with Gasteiger partial charge in [-0.25, -0.2) is 9.78 Å². The van der Waals surface area contributed by atoms with Gasteiger partial charge in [0.1, 0.15) is 5.82 Å². The second-order valence-corrected chi connectivity index (χ2v) is 9.13. The summed E-state index contributed by atoms with van der Waals surface area (Å²) in [5.74, 6) is -1.19. The van der Waals surface area contributed by atoms with Gasteiger partial charge >= 0.3 is 12.1 Å². The molecule has 0 fully saturated rings. The first-order valence-corrected chi connectivity index (χ1v) is 11.3. The number of hydrogen-bond donors (Lipinski definition) is 1. The summed E-state index contributed by atoms with van der Waals surface area (Å²) in [7, 11) is 0. The molecule has 174 valence electrons. The smallest absolute Gasteiger partial charge is 0.417 e. The SMILES string of the molecule is O=C(O)c1cc(-n2cc(-c3ccc(Cl)cc3Cl)nc2Cc2ccc(Br)cc2)ccc1C(F)(F)F. The number of carboxylic acids is 1. The van der Waals surface area contributed by atoms with E-state index in [1.807, 2.05) is 24.3 Å². The van der Waals surface area contributed by atoms with E-state index in [0.717, 1.165) is 22.2 Å². The van der Waals surface area contributed by atoms with Crippen LogP contribution in [0.5, 0.6) is 0 Å². The molecule has 0 unspecified atom stereocenters. The highest BCUT2D eigenvalue weighted by atomic mass is 79.9. The molecule has 4 nitrogen and oxygen atoms in total. The molecule has 1 N–H and O–H groups in total. The van der Waals surface area contributed by atoms with Crippen molar-refractivity contribution in [2.24, 2.45) is 0 Å². The van der Waals surface area contributed by atoms with E-state index >= 15 is 0 Å². The number of alkyl halides is 3. The van der Waals surface area contributed by atoms with E-state index in [1.54, 1.807) is 29.0 Å². The van der Waals surface area contributed by atoms with Gasteiger partial charge in [-0.2, -0.15) is 13.2 Å². The Kier molecular flexibility index (Phi) is 6.75. The fourth-order valence-electron chi connectivity index (χ4n) is 3.48. The Morgan fingerprint density at radius 1 is 1.03 bits per heavy atom. The summed E-state index contributed by atoms with van der Waals surface area (Å²) in [5, 5.41) is 10.2. The van der Waals surface area contributed by atoms with Gasteiger partial charge in [-0.3, -0.25) is 0 Å². The maximum absolute atomic E-state index is 13.3. The van der Waals surface area contributed by atoms with Crippen LogP contribution in [-0.2, 0) is 12.6 Å². The molecular formula is C24H14BrCl2F3N2O2. The third-order valence-electron chi connectivity index (χ3n) is 5.08. The number of benzene rings is 3. The number of carbonyl (C=O) groups is 1. The number of halogens is 6. The van der Waals surface area contributed by atoms with Crippen molar-refractivity contribution in [1.82, 2.24) is 9.55 Å². The lowest BCUT2D eigenvalue weighted by molar-refractivity contribution is -0.138. The van der Waals surface area contributed by atoms with Crippen molar-refractivity contribution in [2.45, 2.75) is 12.6 Å². The average molecular weight is 570 g/mol. The summed E-state index contributed by atoms with van der Waals surface area (Å²) < 4.78 is 42.5. The molecule has 0 saturated carbocycles. The van der Waals surface area contributed by atoms with Gasteiger partial charge in [0, 0.05) is 33.4 Å². The monoisotopic (exact) mass is 568 g/mol. The minimum Gasteiger partial charge on any atom is -0.478 e. The lowest BCUT2D eigenvalue weighted by Gasteiger charge is -2.13. The van der Waals surface area contributed by atoms with Crippen molar-refractivity contribution >= 4 is 45.1 Å². The molecule has 4 rings (SSSR count). The predicted octanol–water partition coefficient (Wildman–Crippen LogP) is 7.92. The topological polar surface area (TPSA) is 55.1 Å². The van der Waals surface area contributed by atoms with E-state index in [4.69, 9.17) is 23.2 Å². The zero-order valence-corrected chi connectivity index (χ0v) is 20.2. The second kappa shape index (κ2) is 9.44. The molecule has 1 heterocycles. The third-order valence-corrected chi connectivity index (χ3v) is 6.16. The van der Waals surface area contributed by atoms with Crippen molar-refractivity contribution in [3.8, 4) is 16.9 Å². The van der Waals surface area contributed by atoms with Gasteiger partial charge in [0.05, 0.1) is 21.8 Å². The number of nitrogens with zero attached hydrogens (tertiary/aromatic N) is 2. The van der Waals surface area contributed by atoms with Crippen molar-refractivity contribution in [1.29, 1.82) is 0 Å². The molecule has 4 aromatic rings. The first kappa shape index (κ1) is 24.3. The maximum atomic E-state index is 13.3. The highest BCUT2D eigenvalue weighted by Crippen LogP contribution is 2.35. The van der Waals surface area contributed by atoms with Gasteiger partial charge in [-0.1, -0.05) is 51.3 Å². The number of aromatic carboxylic acids is 1. The summed E-state index contributed by atoms with van der Waals surface area (Å²) in [6.45, 7) is 0. The van der Waals surface area contributed by atoms with Crippen LogP contribution in [0.25, 0.3) is 16.9 Å². The first-order chi connectivity index (χ1) is 16.0. The van der Waals surface area contributed by atoms with Crippen molar-refractivity contribution < 1.29 is 23.1 Å². The molecule has 0 radical (unpaired) electrons. The van der Waals surface area contributed by atoms with E-state index in [-0.39, 0.29) is 5.69 Å². The van der Waals surface area contributed by atoms with Crippen LogP contribution < -0.4 is 0 Å². The molecule has 0 aliphatic carbocycles. The second-order valence-electron chi connectivity index (χ2n) is 7.37. The lowest BCUT2D eigenvalue weighted by atomic mass is 10.1. The van der Waals surface area contributed by atoms with E-state index in [2.05, 4.69) is 20.9 Å². The minimum atomic E-state index is -4.80. The van der Waals surface area contributed by atoms with E-state index in [1.165, 1.54) is 6.07 Å². The molecule has 1 aromatic heterocycles. The van der Waals surface area contributed by atoms with Gasteiger partial charge in [0.15, 0.2) is 0 Å². The highest BCUT2D eigenvalue weighted by molar-refractivity contribution is 9.10. The van der Waals surface area contributed by atoms with Crippen molar-refractivity contribution in [3.63, 3.8) is 0 Å². The molecule has 3 aromatic carbocycles. The largest absolute Gasteiger partial charge is 0.478 e. The summed E-state index contributed by atoms with van der Waals surface area (Å²) in [6, 6.07) is 15.4. The van der Waals surface area contributed by atoms with Crippen LogP contribution in [0.4, 0.5) is 13.2 Å². The number of carboxylic acid groups (broad SMARTS) is 1. The van der Waals surface area contributed by atoms with E-state index in [0.29, 0.717) is 33.5 Å². The summed E-state index contributed by atoms with van der Waals surface area (Å²) in [6.07, 6.45) is -2.86. The normalized spacial score (nSPS) is 11.6. The Bertz CT molecular complexity index is 1390. The summed E-state index contributed by atoms with van der Waals surface area (Å²) in [5.41, 5.74) is 0.0898. The number of aromatic nitrogens is 2. The molecule has 34 heavy (non-hydrogen) atoms. The van der Waals surface area contributed by atoms with Crippen molar-refractivity contribution in [3.05, 3.63) is 104 Å². The van der Waals surface area contributed by atoms with Crippen LogP contribution in [0.2, 0.25) is 10.0 Å². The zero-order valence-electron chi connectivity index (χ0n) is 17.1. The Morgan fingerprint density at radius 3 is 2.35 bits per heavy atom. The van der Waals surface area contributed by atoms with Crippen LogP contribution in [0.1, 0.15) is 27.3 Å². The summed E-state index contributed by atoms with van der Waals surface area (Å²) in [4.78, 5) is 16.3. The standard InChI is InChI=1S/C24H14BrCl2F3N2O2/c25-14-3-1-13(2-4-14)9-22-31-21(17-7-5-15(26)10-20(17)27)12-32(22)16-6-8-19(24(28,29)30)18(11-16)23(33)34/h1-8,10-12H,9H2,(H,33,34). The van der Waals surface area contributed by atoms with E-state index < -0.39 is 23.3 Å². The Hall–Kier alpha value is -2.81. The molecule has 0 saturated heterocycles. The minimum absolute atomic E-state index is 0.223. The Morgan fingerprint density at radius 2 is 1.74 bits per heavy atom. The zero-order chi connectivity index (χ0) is 24.6. The Balaban J connectivity index is 1.88. The molecule has 0 spiro atoms. The molecule has 0 aliphatic rings. The first-order valence-electron chi connectivity index (χ1n) is 9.76. The lowest BCUT2D eigenvalue weighted by Crippen LogP contribution is -2.14. The van der Waals surface area contributed by atoms with E-state index in [9.17, 15) is 23.1 Å². The number of hydrogen-bond acceptors (Lipinski definition) is 2. The van der Waals surface area contributed by atoms with Crippen LogP contribution >= 0.6 is 39.1 Å². The van der Waals surface area contributed by atoms with Gasteiger partial charge in [-0.15, -0.1) is 0 Å². The molecule has 10 heteroatoms. The molecule has 0 amide bonds. The maximum Gasteiger partial charge on any atom is 0.417 e. The van der Waals surface area contributed by atoms with Crippen molar-refractivity contribution in [2.75, 3.05) is 0 Å². The molecule has 0 aliphatic heterocycles. The number of imidazole rings is 1. The Labute approximate surface area is 210 Å². The van der Waals surface area contributed by atoms with Crippen LogP contribution in [-0.4, -0.2) is 20.6 Å². The third kappa shape index (κ3) is 5.14. The summed E-state index contributed by atoms with van der Waals surface area (Å²) >= 11 is 15.7.